The van der Waals surface area contributed by atoms with E-state index in [4.69, 9.17) is 0 Å². The molecule has 0 unspecified atom stereocenters. The van der Waals surface area contributed by atoms with Crippen molar-refractivity contribution in [1.29, 1.82) is 0 Å². The highest BCUT2D eigenvalue weighted by Gasteiger charge is 2.08. The van der Waals surface area contributed by atoms with Crippen molar-refractivity contribution >= 4 is 11.3 Å². The molecule has 3 heteroatoms. The summed E-state index contributed by atoms with van der Waals surface area (Å²) in [6.07, 6.45) is 0.792. The first-order chi connectivity index (χ1) is 9.33. The van der Waals surface area contributed by atoms with Gasteiger partial charge in [-0.3, -0.25) is 0 Å². The Bertz CT molecular complexity index is 676. The van der Waals surface area contributed by atoms with E-state index in [1.54, 1.807) is 23.5 Å². The molecular weight excluding hydrogens is 257 g/mol. The Morgan fingerprint density at radius 1 is 0.947 bits per heavy atom. The van der Waals surface area contributed by atoms with Gasteiger partial charge < -0.3 is 0 Å². The first-order valence-corrected chi connectivity index (χ1v) is 6.94. The first-order valence-electron chi connectivity index (χ1n) is 6.06. The molecule has 0 radical (unpaired) electrons. The van der Waals surface area contributed by atoms with E-state index in [9.17, 15) is 4.39 Å². The van der Waals surface area contributed by atoms with Crippen molar-refractivity contribution in [1.82, 2.24) is 4.98 Å². The molecule has 0 spiro atoms. The normalized spacial score (nSPS) is 10.6. The molecule has 1 heterocycles. The van der Waals surface area contributed by atoms with Gasteiger partial charge in [-0.1, -0.05) is 42.5 Å². The number of hydrogen-bond donors (Lipinski definition) is 0. The summed E-state index contributed by atoms with van der Waals surface area (Å²) in [7, 11) is 0. The molecule has 0 amide bonds. The minimum atomic E-state index is -0.223. The van der Waals surface area contributed by atoms with Gasteiger partial charge >= 0.3 is 0 Å². The lowest BCUT2D eigenvalue weighted by Gasteiger charge is -1.98. The number of nitrogens with zero attached hydrogens (tertiary/aromatic N) is 1. The minimum absolute atomic E-state index is 0.223. The minimum Gasteiger partial charge on any atom is -0.241 e. The van der Waals surface area contributed by atoms with Crippen molar-refractivity contribution in [3.05, 3.63) is 76.4 Å². The van der Waals surface area contributed by atoms with Gasteiger partial charge in [-0.25, -0.2) is 9.37 Å². The maximum Gasteiger partial charge on any atom is 0.132 e. The van der Waals surface area contributed by atoms with E-state index in [1.165, 1.54) is 11.6 Å². The van der Waals surface area contributed by atoms with E-state index >= 15 is 0 Å². The molecule has 0 aliphatic heterocycles. The molecule has 0 atom stereocenters. The third-order valence-corrected chi connectivity index (χ3v) is 3.75. The molecule has 3 aromatic rings. The second-order valence-corrected chi connectivity index (χ2v) is 5.21. The van der Waals surface area contributed by atoms with Crippen molar-refractivity contribution in [3.8, 4) is 11.3 Å². The average Bonchev–Trinajstić information content (AvgIpc) is 2.89. The Balaban J connectivity index is 1.86. The van der Waals surface area contributed by atoms with Crippen molar-refractivity contribution < 1.29 is 4.39 Å². The lowest BCUT2D eigenvalue weighted by Crippen LogP contribution is -1.88. The molecule has 1 aromatic heterocycles. The molecule has 0 saturated carbocycles. The second kappa shape index (κ2) is 5.33. The number of aromatic nitrogens is 1. The number of halogens is 1. The SMILES string of the molecule is Fc1ccccc1-c1csc(Cc2ccccc2)n1. The van der Waals surface area contributed by atoms with E-state index in [0.29, 0.717) is 11.3 Å². The Labute approximate surface area is 115 Å². The fourth-order valence-electron chi connectivity index (χ4n) is 1.96. The Hall–Kier alpha value is -2.00. The summed E-state index contributed by atoms with van der Waals surface area (Å²) in [6, 6.07) is 16.9. The van der Waals surface area contributed by atoms with E-state index in [1.807, 2.05) is 29.6 Å². The second-order valence-electron chi connectivity index (χ2n) is 4.27. The fraction of sp³-hybridized carbons (Fsp3) is 0.0625. The van der Waals surface area contributed by atoms with Crippen LogP contribution in [0.3, 0.4) is 0 Å². The van der Waals surface area contributed by atoms with Gasteiger partial charge in [0.15, 0.2) is 0 Å². The van der Waals surface area contributed by atoms with Crippen LogP contribution in [0.15, 0.2) is 60.0 Å². The molecular formula is C16H12FNS. The zero-order chi connectivity index (χ0) is 13.1. The van der Waals surface area contributed by atoms with E-state index in [2.05, 4.69) is 17.1 Å². The standard InChI is InChI=1S/C16H12FNS/c17-14-9-5-4-8-13(14)15-11-19-16(18-15)10-12-6-2-1-3-7-12/h1-9,11H,10H2. The van der Waals surface area contributed by atoms with Gasteiger partial charge in [0.1, 0.15) is 5.82 Å². The van der Waals surface area contributed by atoms with Gasteiger partial charge in [0, 0.05) is 17.4 Å². The van der Waals surface area contributed by atoms with Crippen LogP contribution in [0.5, 0.6) is 0 Å². The largest absolute Gasteiger partial charge is 0.241 e. The third-order valence-electron chi connectivity index (χ3n) is 2.90. The number of thiazole rings is 1. The van der Waals surface area contributed by atoms with Crippen LogP contribution in [0.4, 0.5) is 4.39 Å². The lowest BCUT2D eigenvalue weighted by molar-refractivity contribution is 0.631. The van der Waals surface area contributed by atoms with Crippen LogP contribution in [0, 0.1) is 5.82 Å². The first kappa shape index (κ1) is 12.1. The highest BCUT2D eigenvalue weighted by molar-refractivity contribution is 7.10. The quantitative estimate of drug-likeness (QED) is 0.680. The molecule has 94 valence electrons. The fourth-order valence-corrected chi connectivity index (χ4v) is 2.78. The lowest BCUT2D eigenvalue weighted by atomic mass is 10.1. The highest BCUT2D eigenvalue weighted by atomic mass is 32.1. The summed E-state index contributed by atoms with van der Waals surface area (Å²) in [4.78, 5) is 4.52. The Morgan fingerprint density at radius 3 is 2.47 bits per heavy atom. The molecule has 3 rings (SSSR count). The molecule has 19 heavy (non-hydrogen) atoms. The van der Waals surface area contributed by atoms with E-state index in [-0.39, 0.29) is 5.82 Å². The average molecular weight is 269 g/mol. The maximum atomic E-state index is 13.7. The smallest absolute Gasteiger partial charge is 0.132 e. The summed E-state index contributed by atoms with van der Waals surface area (Å²) < 4.78 is 13.7. The van der Waals surface area contributed by atoms with Gasteiger partial charge in [0.05, 0.1) is 10.7 Å². The third kappa shape index (κ3) is 2.71. The summed E-state index contributed by atoms with van der Waals surface area (Å²) in [5.41, 5.74) is 2.50. The van der Waals surface area contributed by atoms with Crippen LogP contribution < -0.4 is 0 Å². The van der Waals surface area contributed by atoms with E-state index < -0.39 is 0 Å². The maximum absolute atomic E-state index is 13.7. The zero-order valence-electron chi connectivity index (χ0n) is 10.2. The van der Waals surface area contributed by atoms with Gasteiger partial charge in [-0.15, -0.1) is 11.3 Å². The van der Waals surface area contributed by atoms with Crippen LogP contribution in [0.1, 0.15) is 10.6 Å². The van der Waals surface area contributed by atoms with Crippen LogP contribution in [-0.2, 0) is 6.42 Å². The molecule has 2 aromatic carbocycles. The topological polar surface area (TPSA) is 12.9 Å². The van der Waals surface area contributed by atoms with Crippen LogP contribution in [0.25, 0.3) is 11.3 Å². The molecule has 0 N–H and O–H groups in total. The Kier molecular flexibility index (Phi) is 3.38. The molecule has 1 nitrogen and oxygen atoms in total. The number of hydrogen-bond acceptors (Lipinski definition) is 2. The van der Waals surface area contributed by atoms with Crippen LogP contribution >= 0.6 is 11.3 Å². The summed E-state index contributed by atoms with van der Waals surface area (Å²) in [5, 5.41) is 2.92. The molecule has 0 aliphatic rings. The van der Waals surface area contributed by atoms with Crippen molar-refractivity contribution in [2.75, 3.05) is 0 Å². The monoisotopic (exact) mass is 269 g/mol. The van der Waals surface area contributed by atoms with Gasteiger partial charge in [-0.05, 0) is 17.7 Å². The molecule has 0 fully saturated rings. The predicted molar refractivity (Wildman–Crippen MR) is 76.8 cm³/mol. The van der Waals surface area contributed by atoms with Gasteiger partial charge in [0.25, 0.3) is 0 Å². The molecule has 0 bridgehead atoms. The van der Waals surface area contributed by atoms with E-state index in [0.717, 1.165) is 11.4 Å². The number of benzene rings is 2. The number of rotatable bonds is 3. The van der Waals surface area contributed by atoms with Crippen molar-refractivity contribution in [3.63, 3.8) is 0 Å². The summed E-state index contributed by atoms with van der Waals surface area (Å²) in [6.45, 7) is 0. The highest BCUT2D eigenvalue weighted by Crippen LogP contribution is 2.25. The van der Waals surface area contributed by atoms with Gasteiger partial charge in [-0.2, -0.15) is 0 Å². The summed E-state index contributed by atoms with van der Waals surface area (Å²) >= 11 is 1.57. The van der Waals surface area contributed by atoms with Gasteiger partial charge in [0.2, 0.25) is 0 Å². The van der Waals surface area contributed by atoms with Crippen molar-refractivity contribution in [2.24, 2.45) is 0 Å². The Morgan fingerprint density at radius 2 is 1.68 bits per heavy atom. The summed E-state index contributed by atoms with van der Waals surface area (Å²) in [5.74, 6) is -0.223. The predicted octanol–water partition coefficient (Wildman–Crippen LogP) is 4.54. The van der Waals surface area contributed by atoms with Crippen LogP contribution in [-0.4, -0.2) is 4.98 Å². The van der Waals surface area contributed by atoms with Crippen molar-refractivity contribution in [2.45, 2.75) is 6.42 Å². The van der Waals surface area contributed by atoms with Crippen LogP contribution in [0.2, 0.25) is 0 Å². The molecule has 0 aliphatic carbocycles. The molecule has 0 saturated heterocycles. The zero-order valence-corrected chi connectivity index (χ0v) is 11.0.